The highest BCUT2D eigenvalue weighted by Crippen LogP contribution is 2.24. The largest absolute Gasteiger partial charge is 0.495 e. The van der Waals surface area contributed by atoms with Crippen LogP contribution < -0.4 is 5.32 Å². The molecule has 0 radical (unpaired) electrons. The fourth-order valence-electron chi connectivity index (χ4n) is 1.07. The third-order valence-electron chi connectivity index (χ3n) is 1.75. The third-order valence-corrected chi connectivity index (χ3v) is 1.75. The van der Waals surface area contributed by atoms with Gasteiger partial charge in [-0.3, -0.25) is 14.9 Å². The Morgan fingerprint density at radius 1 is 1.44 bits per heavy atom. The molecule has 1 aromatic carbocycles. The second-order valence-electron chi connectivity index (χ2n) is 2.99. The maximum atomic E-state index is 12.8. The number of carbonyl (C=O) groups is 2. The van der Waals surface area contributed by atoms with Gasteiger partial charge in [-0.05, 0) is 12.1 Å². The number of rotatable bonds is 4. The van der Waals surface area contributed by atoms with Crippen molar-refractivity contribution in [3.63, 3.8) is 0 Å². The van der Waals surface area contributed by atoms with Crippen LogP contribution in [0.3, 0.4) is 0 Å². The number of amides is 1. The number of benzene rings is 1. The molecule has 1 rings (SSSR count). The Balaban J connectivity index is 2.81. The number of carbonyl (C=O) groups excluding carboxylic acids is 2. The number of hydrogen-bond acceptors (Lipinski definition) is 5. The number of anilines is 1. The van der Waals surface area contributed by atoms with Crippen molar-refractivity contribution in [1.29, 1.82) is 0 Å². The van der Waals surface area contributed by atoms with Gasteiger partial charge in [0.15, 0.2) is 6.61 Å². The van der Waals surface area contributed by atoms with Gasteiger partial charge in [0.1, 0.15) is 11.5 Å². The SMILES string of the molecule is O=C(COC(=O)F)Nc1ccc(F)cc1[N+](=O)[O-]. The van der Waals surface area contributed by atoms with Gasteiger partial charge in [-0.1, -0.05) is 0 Å². The minimum atomic E-state index is -2.15. The molecular formula is C9H6F2N2O5. The number of halogens is 2. The van der Waals surface area contributed by atoms with Crippen molar-refractivity contribution in [2.75, 3.05) is 11.9 Å². The molecule has 0 heterocycles. The minimum Gasteiger partial charge on any atom is -0.430 e. The lowest BCUT2D eigenvalue weighted by molar-refractivity contribution is -0.384. The summed E-state index contributed by atoms with van der Waals surface area (Å²) in [6.45, 7) is -0.941. The number of nitro groups is 1. The maximum Gasteiger partial charge on any atom is 0.495 e. The van der Waals surface area contributed by atoms with E-state index >= 15 is 0 Å². The zero-order valence-corrected chi connectivity index (χ0v) is 8.68. The molecule has 0 atom stereocenters. The first-order valence-corrected chi connectivity index (χ1v) is 4.46. The number of nitrogens with one attached hydrogen (secondary N) is 1. The summed E-state index contributed by atoms with van der Waals surface area (Å²) in [5.74, 6) is -1.84. The lowest BCUT2D eigenvalue weighted by Crippen LogP contribution is -2.19. The molecule has 0 fully saturated rings. The molecule has 0 spiro atoms. The normalized spacial score (nSPS) is 9.67. The van der Waals surface area contributed by atoms with E-state index in [0.29, 0.717) is 6.07 Å². The molecule has 0 bridgehead atoms. The van der Waals surface area contributed by atoms with Crippen molar-refractivity contribution in [3.8, 4) is 0 Å². The van der Waals surface area contributed by atoms with E-state index in [1.165, 1.54) is 0 Å². The quantitative estimate of drug-likeness (QED) is 0.505. The van der Waals surface area contributed by atoms with E-state index in [2.05, 4.69) is 4.74 Å². The highest BCUT2D eigenvalue weighted by molar-refractivity contribution is 5.94. The molecule has 0 aliphatic carbocycles. The zero-order valence-electron chi connectivity index (χ0n) is 8.68. The van der Waals surface area contributed by atoms with Crippen LogP contribution >= 0.6 is 0 Å². The standard InChI is InChI=1S/C9H6F2N2O5/c10-5-1-2-6(7(3-5)13(16)17)12-8(14)4-18-9(11)15/h1-3H,4H2,(H,12,14). The van der Waals surface area contributed by atoms with Gasteiger partial charge in [0, 0.05) is 0 Å². The van der Waals surface area contributed by atoms with E-state index in [-0.39, 0.29) is 5.69 Å². The third kappa shape index (κ3) is 3.77. The molecule has 18 heavy (non-hydrogen) atoms. The van der Waals surface area contributed by atoms with Crippen LogP contribution in [0.15, 0.2) is 18.2 Å². The second kappa shape index (κ2) is 5.66. The summed E-state index contributed by atoms with van der Waals surface area (Å²) in [7, 11) is 0. The minimum absolute atomic E-state index is 0.290. The molecule has 96 valence electrons. The van der Waals surface area contributed by atoms with Crippen molar-refractivity contribution < 1.29 is 28.0 Å². The van der Waals surface area contributed by atoms with Gasteiger partial charge in [-0.25, -0.2) is 9.18 Å². The van der Waals surface area contributed by atoms with Crippen LogP contribution in [0.2, 0.25) is 0 Å². The Bertz CT molecular complexity index is 506. The van der Waals surface area contributed by atoms with Gasteiger partial charge in [0.25, 0.3) is 11.6 Å². The average Bonchev–Trinajstić information content (AvgIpc) is 2.28. The lowest BCUT2D eigenvalue weighted by atomic mass is 10.2. The lowest BCUT2D eigenvalue weighted by Gasteiger charge is -2.05. The van der Waals surface area contributed by atoms with E-state index in [4.69, 9.17) is 0 Å². The second-order valence-corrected chi connectivity index (χ2v) is 2.99. The summed E-state index contributed by atoms with van der Waals surface area (Å²) < 4.78 is 28.2. The van der Waals surface area contributed by atoms with Crippen LogP contribution in [-0.2, 0) is 9.53 Å². The molecule has 0 saturated carbocycles. The van der Waals surface area contributed by atoms with Gasteiger partial charge in [-0.2, -0.15) is 0 Å². The van der Waals surface area contributed by atoms with E-state index in [1.807, 2.05) is 5.32 Å². The first kappa shape index (κ1) is 13.5. The van der Waals surface area contributed by atoms with Crippen LogP contribution in [0, 0.1) is 15.9 Å². The molecule has 0 aromatic heterocycles. The molecule has 1 amide bonds. The number of ether oxygens (including phenoxy) is 1. The van der Waals surface area contributed by atoms with Crippen LogP contribution in [-0.4, -0.2) is 23.7 Å². The first-order chi connectivity index (χ1) is 8.40. The molecule has 0 saturated heterocycles. The van der Waals surface area contributed by atoms with Crippen molar-refractivity contribution in [3.05, 3.63) is 34.1 Å². The highest BCUT2D eigenvalue weighted by Gasteiger charge is 2.17. The summed E-state index contributed by atoms with van der Waals surface area (Å²) in [5.41, 5.74) is -0.962. The first-order valence-electron chi connectivity index (χ1n) is 4.46. The van der Waals surface area contributed by atoms with Crippen LogP contribution in [0.25, 0.3) is 0 Å². The number of nitrogens with zero attached hydrogens (tertiary/aromatic N) is 1. The average molecular weight is 260 g/mol. The predicted molar refractivity (Wildman–Crippen MR) is 54.1 cm³/mol. The summed E-state index contributed by atoms with van der Waals surface area (Å²) in [6.07, 6.45) is -2.15. The molecule has 0 aliphatic heterocycles. The molecule has 0 unspecified atom stereocenters. The summed E-state index contributed by atoms with van der Waals surface area (Å²) in [5, 5.41) is 12.5. The fraction of sp³-hybridized carbons (Fsp3) is 0.111. The molecule has 7 nitrogen and oxygen atoms in total. The molecule has 9 heteroatoms. The molecular weight excluding hydrogens is 254 g/mol. The van der Waals surface area contributed by atoms with Gasteiger partial charge < -0.3 is 10.1 Å². The van der Waals surface area contributed by atoms with E-state index in [0.717, 1.165) is 12.1 Å². The summed E-state index contributed by atoms with van der Waals surface area (Å²) >= 11 is 0. The van der Waals surface area contributed by atoms with E-state index < -0.39 is 35.2 Å². The topological polar surface area (TPSA) is 98.5 Å². The zero-order chi connectivity index (χ0) is 13.7. The van der Waals surface area contributed by atoms with Crippen LogP contribution in [0.5, 0.6) is 0 Å². The van der Waals surface area contributed by atoms with Crippen LogP contribution in [0.4, 0.5) is 25.0 Å². The predicted octanol–water partition coefficient (Wildman–Crippen LogP) is 1.78. The summed E-state index contributed by atoms with van der Waals surface area (Å²) in [6, 6.07) is 2.46. The Hall–Kier alpha value is -2.58. The Morgan fingerprint density at radius 2 is 2.11 bits per heavy atom. The van der Waals surface area contributed by atoms with Crippen molar-refractivity contribution in [2.24, 2.45) is 0 Å². The smallest absolute Gasteiger partial charge is 0.430 e. The number of nitro benzene ring substituents is 1. The van der Waals surface area contributed by atoms with E-state index in [1.54, 1.807) is 0 Å². The van der Waals surface area contributed by atoms with E-state index in [9.17, 15) is 28.5 Å². The van der Waals surface area contributed by atoms with Crippen LogP contribution in [0.1, 0.15) is 0 Å². The van der Waals surface area contributed by atoms with Crippen molar-refractivity contribution in [1.82, 2.24) is 0 Å². The van der Waals surface area contributed by atoms with Crippen molar-refractivity contribution >= 4 is 23.5 Å². The number of hydrogen-bond donors (Lipinski definition) is 1. The van der Waals surface area contributed by atoms with Gasteiger partial charge in [0.2, 0.25) is 0 Å². The Kier molecular flexibility index (Phi) is 4.24. The van der Waals surface area contributed by atoms with Gasteiger partial charge in [-0.15, -0.1) is 4.39 Å². The fourth-order valence-corrected chi connectivity index (χ4v) is 1.07. The Labute approximate surface area is 98.5 Å². The summed E-state index contributed by atoms with van der Waals surface area (Å²) in [4.78, 5) is 30.6. The Morgan fingerprint density at radius 3 is 2.67 bits per heavy atom. The molecule has 1 aromatic rings. The molecule has 1 N–H and O–H groups in total. The monoisotopic (exact) mass is 260 g/mol. The van der Waals surface area contributed by atoms with Gasteiger partial charge in [0.05, 0.1) is 11.0 Å². The maximum absolute atomic E-state index is 12.8. The highest BCUT2D eigenvalue weighted by atomic mass is 19.1. The molecule has 0 aliphatic rings. The van der Waals surface area contributed by atoms with Crippen molar-refractivity contribution in [2.45, 2.75) is 0 Å². The van der Waals surface area contributed by atoms with Gasteiger partial charge >= 0.3 is 6.22 Å².